The van der Waals surface area contributed by atoms with Crippen molar-refractivity contribution >= 4 is 11.6 Å². The van der Waals surface area contributed by atoms with E-state index in [2.05, 4.69) is 15.0 Å². The first kappa shape index (κ1) is 15.4. The molecule has 1 saturated heterocycles. The summed E-state index contributed by atoms with van der Waals surface area (Å²) in [7, 11) is 1.60. The smallest absolute Gasteiger partial charge is 0.252 e. The molecule has 2 aromatic rings. The van der Waals surface area contributed by atoms with Crippen LogP contribution < -0.4 is 0 Å². The van der Waals surface area contributed by atoms with Crippen molar-refractivity contribution in [3.05, 3.63) is 46.6 Å². The lowest BCUT2D eigenvalue weighted by Crippen LogP contribution is -2.39. The van der Waals surface area contributed by atoms with Gasteiger partial charge in [-0.25, -0.2) is 0 Å². The van der Waals surface area contributed by atoms with E-state index in [1.807, 2.05) is 24.3 Å². The number of methoxy groups -OCH3 is 1. The molecule has 0 spiro atoms. The number of hydrogen-bond acceptors (Lipinski definition) is 6. The SMILES string of the molecule is COCc1nc([C@H]2COCCN2Cc2ccc(Cl)cc2)no1. The zero-order valence-electron chi connectivity index (χ0n) is 12.4. The summed E-state index contributed by atoms with van der Waals surface area (Å²) in [5, 5.41) is 4.80. The van der Waals surface area contributed by atoms with Gasteiger partial charge in [0.2, 0.25) is 0 Å². The van der Waals surface area contributed by atoms with Crippen molar-refractivity contribution in [3.63, 3.8) is 0 Å². The fraction of sp³-hybridized carbons (Fsp3) is 0.467. The molecular weight excluding hydrogens is 306 g/mol. The second-order valence-corrected chi connectivity index (χ2v) is 5.60. The van der Waals surface area contributed by atoms with Gasteiger partial charge >= 0.3 is 0 Å². The molecule has 22 heavy (non-hydrogen) atoms. The van der Waals surface area contributed by atoms with Crippen LogP contribution in [0.4, 0.5) is 0 Å². The van der Waals surface area contributed by atoms with Gasteiger partial charge in [0.05, 0.1) is 19.3 Å². The van der Waals surface area contributed by atoms with Crippen LogP contribution in [0.25, 0.3) is 0 Å². The lowest BCUT2D eigenvalue weighted by Gasteiger charge is -2.33. The van der Waals surface area contributed by atoms with Crippen LogP contribution >= 0.6 is 11.6 Å². The van der Waals surface area contributed by atoms with Crippen molar-refractivity contribution in [1.82, 2.24) is 15.0 Å². The maximum absolute atomic E-state index is 5.93. The summed E-state index contributed by atoms with van der Waals surface area (Å²) in [6.07, 6.45) is 0. The summed E-state index contributed by atoms with van der Waals surface area (Å²) in [4.78, 5) is 6.67. The van der Waals surface area contributed by atoms with Crippen molar-refractivity contribution in [2.45, 2.75) is 19.2 Å². The average molecular weight is 324 g/mol. The van der Waals surface area contributed by atoms with Gasteiger partial charge in [0.1, 0.15) is 6.61 Å². The monoisotopic (exact) mass is 323 g/mol. The molecule has 1 aromatic carbocycles. The maximum atomic E-state index is 5.93. The molecule has 3 rings (SSSR count). The summed E-state index contributed by atoms with van der Waals surface area (Å²) in [5.74, 6) is 1.12. The number of benzene rings is 1. The van der Waals surface area contributed by atoms with Crippen LogP contribution in [0.3, 0.4) is 0 Å². The lowest BCUT2D eigenvalue weighted by molar-refractivity contribution is -0.0166. The number of rotatable bonds is 5. The van der Waals surface area contributed by atoms with Crippen LogP contribution in [-0.4, -0.2) is 41.9 Å². The number of ether oxygens (including phenoxy) is 2. The van der Waals surface area contributed by atoms with E-state index < -0.39 is 0 Å². The maximum Gasteiger partial charge on any atom is 0.252 e. The Bertz CT molecular complexity index is 602. The molecule has 1 fully saturated rings. The lowest BCUT2D eigenvalue weighted by atomic mass is 10.1. The Labute approximate surface area is 134 Å². The third kappa shape index (κ3) is 3.64. The number of hydrogen-bond donors (Lipinski definition) is 0. The first-order valence-electron chi connectivity index (χ1n) is 7.14. The topological polar surface area (TPSA) is 60.6 Å². The van der Waals surface area contributed by atoms with Crippen LogP contribution in [-0.2, 0) is 22.6 Å². The summed E-state index contributed by atoms with van der Waals surface area (Å²) in [6.45, 7) is 3.19. The van der Waals surface area contributed by atoms with Gasteiger partial charge in [0.15, 0.2) is 5.82 Å². The predicted octanol–water partition coefficient (Wildman–Crippen LogP) is 2.44. The molecule has 0 saturated carbocycles. The summed E-state index contributed by atoms with van der Waals surface area (Å²) in [6, 6.07) is 7.84. The van der Waals surface area contributed by atoms with Crippen LogP contribution in [0.5, 0.6) is 0 Å². The van der Waals surface area contributed by atoms with E-state index in [0.717, 1.165) is 18.1 Å². The molecule has 0 bridgehead atoms. The third-order valence-corrected chi connectivity index (χ3v) is 3.84. The Kier molecular flexibility index (Phi) is 5.04. The molecule has 0 N–H and O–H groups in total. The Morgan fingerprint density at radius 2 is 2.18 bits per heavy atom. The van der Waals surface area contributed by atoms with Crippen LogP contribution in [0.1, 0.15) is 23.3 Å². The van der Waals surface area contributed by atoms with E-state index in [4.69, 9.17) is 25.6 Å². The minimum atomic E-state index is -0.0150. The number of morpholine rings is 1. The number of nitrogens with zero attached hydrogens (tertiary/aromatic N) is 3. The number of halogens is 1. The summed E-state index contributed by atoms with van der Waals surface area (Å²) >= 11 is 5.93. The van der Waals surface area contributed by atoms with Gasteiger partial charge in [-0.15, -0.1) is 0 Å². The van der Waals surface area contributed by atoms with E-state index in [0.29, 0.717) is 31.5 Å². The predicted molar refractivity (Wildman–Crippen MR) is 80.4 cm³/mol. The van der Waals surface area contributed by atoms with E-state index in [9.17, 15) is 0 Å². The van der Waals surface area contributed by atoms with Gasteiger partial charge < -0.3 is 14.0 Å². The highest BCUT2D eigenvalue weighted by atomic mass is 35.5. The minimum absolute atomic E-state index is 0.0150. The Morgan fingerprint density at radius 3 is 2.95 bits per heavy atom. The van der Waals surface area contributed by atoms with Gasteiger partial charge in [-0.1, -0.05) is 28.9 Å². The molecule has 0 unspecified atom stereocenters. The summed E-state index contributed by atoms with van der Waals surface area (Å²) < 4.78 is 15.8. The molecule has 0 radical (unpaired) electrons. The van der Waals surface area contributed by atoms with Gasteiger partial charge in [-0.2, -0.15) is 4.98 Å². The molecule has 0 aliphatic carbocycles. The fourth-order valence-electron chi connectivity index (χ4n) is 2.47. The fourth-order valence-corrected chi connectivity index (χ4v) is 2.60. The molecule has 7 heteroatoms. The second-order valence-electron chi connectivity index (χ2n) is 5.17. The van der Waals surface area contributed by atoms with Gasteiger partial charge in [0.25, 0.3) is 5.89 Å². The highest BCUT2D eigenvalue weighted by Gasteiger charge is 2.28. The van der Waals surface area contributed by atoms with Gasteiger partial charge in [0, 0.05) is 25.2 Å². The first-order valence-corrected chi connectivity index (χ1v) is 7.51. The quantitative estimate of drug-likeness (QED) is 0.842. The van der Waals surface area contributed by atoms with Crippen LogP contribution in [0, 0.1) is 0 Å². The highest BCUT2D eigenvalue weighted by molar-refractivity contribution is 6.30. The molecule has 1 atom stereocenters. The highest BCUT2D eigenvalue weighted by Crippen LogP contribution is 2.24. The number of aromatic nitrogens is 2. The van der Waals surface area contributed by atoms with Crippen molar-refractivity contribution in [2.24, 2.45) is 0 Å². The Balaban J connectivity index is 1.73. The second kappa shape index (κ2) is 7.19. The van der Waals surface area contributed by atoms with Gasteiger partial charge in [-0.3, -0.25) is 4.90 Å². The molecule has 2 heterocycles. The van der Waals surface area contributed by atoms with Crippen LogP contribution in [0.15, 0.2) is 28.8 Å². The average Bonchev–Trinajstić information content (AvgIpc) is 2.99. The van der Waals surface area contributed by atoms with E-state index in [1.165, 1.54) is 5.56 Å². The first-order chi connectivity index (χ1) is 10.8. The van der Waals surface area contributed by atoms with E-state index in [-0.39, 0.29) is 6.04 Å². The zero-order valence-corrected chi connectivity index (χ0v) is 13.1. The molecule has 6 nitrogen and oxygen atoms in total. The third-order valence-electron chi connectivity index (χ3n) is 3.59. The van der Waals surface area contributed by atoms with Crippen molar-refractivity contribution in [1.29, 1.82) is 0 Å². The Hall–Kier alpha value is -1.47. The van der Waals surface area contributed by atoms with Gasteiger partial charge in [-0.05, 0) is 17.7 Å². The van der Waals surface area contributed by atoms with E-state index in [1.54, 1.807) is 7.11 Å². The molecule has 1 aliphatic rings. The van der Waals surface area contributed by atoms with E-state index >= 15 is 0 Å². The van der Waals surface area contributed by atoms with Crippen molar-refractivity contribution in [3.8, 4) is 0 Å². The largest absolute Gasteiger partial charge is 0.378 e. The molecule has 0 amide bonds. The van der Waals surface area contributed by atoms with Crippen molar-refractivity contribution < 1.29 is 14.0 Å². The Morgan fingerprint density at radius 1 is 1.36 bits per heavy atom. The van der Waals surface area contributed by atoms with Crippen LogP contribution in [0.2, 0.25) is 5.02 Å². The molecule has 1 aromatic heterocycles. The molecular formula is C15H18ClN3O3. The minimum Gasteiger partial charge on any atom is -0.378 e. The normalized spacial score (nSPS) is 19.5. The molecule has 1 aliphatic heterocycles. The summed E-state index contributed by atoms with van der Waals surface area (Å²) in [5.41, 5.74) is 1.19. The zero-order chi connectivity index (χ0) is 15.4. The van der Waals surface area contributed by atoms with Crippen molar-refractivity contribution in [2.75, 3.05) is 26.9 Å². The molecule has 118 valence electrons. The standard InChI is InChI=1S/C15H18ClN3O3/c1-20-10-14-17-15(18-22-14)13-9-21-7-6-19(13)8-11-2-4-12(16)5-3-11/h2-5,13H,6-10H2,1H3/t13-/m1/s1.